The summed E-state index contributed by atoms with van der Waals surface area (Å²) < 4.78 is 87.2. The van der Waals surface area contributed by atoms with E-state index in [0.717, 1.165) is 0 Å². The molecule has 2 aromatic carbocycles. The highest BCUT2D eigenvalue weighted by molar-refractivity contribution is 6.01. The van der Waals surface area contributed by atoms with Crippen LogP contribution in [0, 0.1) is 0 Å². The number of carbonyl (C=O) groups is 2. The predicted octanol–water partition coefficient (Wildman–Crippen LogP) is 6.32. The van der Waals surface area contributed by atoms with E-state index in [-0.39, 0.29) is 30.3 Å². The molecule has 0 bridgehead atoms. The van der Waals surface area contributed by atoms with Crippen LogP contribution in [0.2, 0.25) is 0 Å². The van der Waals surface area contributed by atoms with Gasteiger partial charge in [0.2, 0.25) is 5.91 Å². The van der Waals surface area contributed by atoms with Crippen molar-refractivity contribution in [1.82, 2.24) is 10.2 Å². The molecule has 0 spiro atoms. The van der Waals surface area contributed by atoms with Crippen LogP contribution in [-0.2, 0) is 23.7 Å². The Labute approximate surface area is 208 Å². The van der Waals surface area contributed by atoms with Gasteiger partial charge >= 0.3 is 12.4 Å². The first kappa shape index (κ1) is 26.3. The highest BCUT2D eigenvalue weighted by Gasteiger charge is 2.46. The molecule has 3 aromatic rings. The Bertz CT molecular complexity index is 1250. The van der Waals surface area contributed by atoms with Crippen LogP contribution in [0.1, 0.15) is 63.7 Å². The first-order valence-electron chi connectivity index (χ1n) is 11.4. The lowest BCUT2D eigenvalue weighted by Gasteiger charge is -2.42. The van der Waals surface area contributed by atoms with Gasteiger partial charge in [-0.15, -0.1) is 0 Å². The molecule has 0 fully saturated rings. The van der Waals surface area contributed by atoms with E-state index >= 15 is 0 Å². The minimum absolute atomic E-state index is 0.0113. The van der Waals surface area contributed by atoms with Gasteiger partial charge in [0.25, 0.3) is 5.91 Å². The molecule has 1 aliphatic rings. The molecule has 1 aliphatic heterocycles. The quantitative estimate of drug-likeness (QED) is 0.384. The standard InChI is InChI=1S/C26H22F6N2O3/c1-2-9-34-22(15-11-16(25(27,28)29)13-17(12-15)26(30,31)32)21(19-7-3-4-8-20(19)24(34)36)23(35)33-14-18-6-5-10-37-18/h3-8,10-13,21-22H,2,9,14H2,1H3,(H,33,35). The summed E-state index contributed by atoms with van der Waals surface area (Å²) in [6.07, 6.45) is -8.42. The van der Waals surface area contributed by atoms with Gasteiger partial charge in [0.15, 0.2) is 0 Å². The highest BCUT2D eigenvalue weighted by Crippen LogP contribution is 2.46. The van der Waals surface area contributed by atoms with E-state index in [1.807, 2.05) is 0 Å². The average molecular weight is 524 g/mol. The van der Waals surface area contributed by atoms with E-state index in [2.05, 4.69) is 5.32 Å². The number of rotatable bonds is 6. The Morgan fingerprint density at radius 1 is 0.973 bits per heavy atom. The van der Waals surface area contributed by atoms with Gasteiger partial charge in [-0.1, -0.05) is 25.1 Å². The minimum Gasteiger partial charge on any atom is -0.467 e. The van der Waals surface area contributed by atoms with Crippen molar-refractivity contribution in [2.24, 2.45) is 0 Å². The number of fused-ring (bicyclic) bond motifs is 1. The Balaban J connectivity index is 1.91. The van der Waals surface area contributed by atoms with Crippen molar-refractivity contribution in [3.63, 3.8) is 0 Å². The van der Waals surface area contributed by atoms with Crippen LogP contribution >= 0.6 is 0 Å². The predicted molar refractivity (Wildman–Crippen MR) is 120 cm³/mol. The minimum atomic E-state index is -5.08. The summed E-state index contributed by atoms with van der Waals surface area (Å²) in [6, 6.07) is 9.07. The van der Waals surface area contributed by atoms with E-state index in [4.69, 9.17) is 4.42 Å². The summed E-state index contributed by atoms with van der Waals surface area (Å²) in [5.41, 5.74) is -3.10. The molecule has 0 radical (unpaired) electrons. The molecular formula is C26H22F6N2O3. The van der Waals surface area contributed by atoms with Crippen LogP contribution in [0.3, 0.4) is 0 Å². The van der Waals surface area contributed by atoms with Gasteiger partial charge in [-0.05, 0) is 53.9 Å². The fourth-order valence-corrected chi connectivity index (χ4v) is 4.58. The van der Waals surface area contributed by atoms with Gasteiger partial charge < -0.3 is 14.6 Å². The van der Waals surface area contributed by atoms with E-state index in [1.54, 1.807) is 31.2 Å². The van der Waals surface area contributed by atoms with E-state index in [1.165, 1.54) is 23.3 Å². The van der Waals surface area contributed by atoms with E-state index in [9.17, 15) is 35.9 Å². The summed E-state index contributed by atoms with van der Waals surface area (Å²) in [5, 5.41) is 2.65. The monoisotopic (exact) mass is 524 g/mol. The first-order chi connectivity index (χ1) is 17.4. The number of hydrogen-bond acceptors (Lipinski definition) is 3. The average Bonchev–Trinajstić information content (AvgIpc) is 3.36. The fraction of sp³-hybridized carbons (Fsp3) is 0.308. The largest absolute Gasteiger partial charge is 0.467 e. The van der Waals surface area contributed by atoms with Crippen LogP contribution in [-0.4, -0.2) is 23.3 Å². The Hall–Kier alpha value is -3.76. The van der Waals surface area contributed by atoms with Crippen LogP contribution in [0.4, 0.5) is 26.3 Å². The topological polar surface area (TPSA) is 62.6 Å². The van der Waals surface area contributed by atoms with Gasteiger partial charge in [0.05, 0.1) is 35.9 Å². The molecule has 2 unspecified atom stereocenters. The van der Waals surface area contributed by atoms with E-state index < -0.39 is 52.8 Å². The maximum absolute atomic E-state index is 13.7. The summed E-state index contributed by atoms with van der Waals surface area (Å²) in [5.74, 6) is -2.13. The van der Waals surface area contributed by atoms with Gasteiger partial charge in [-0.3, -0.25) is 9.59 Å². The van der Waals surface area contributed by atoms with Crippen molar-refractivity contribution < 1.29 is 40.3 Å². The Kier molecular flexibility index (Phi) is 7.07. The summed E-state index contributed by atoms with van der Waals surface area (Å²) >= 11 is 0. The number of alkyl halides is 6. The fourth-order valence-electron chi connectivity index (χ4n) is 4.58. The smallest absolute Gasteiger partial charge is 0.416 e. The van der Waals surface area contributed by atoms with Crippen molar-refractivity contribution in [3.8, 4) is 0 Å². The molecule has 1 N–H and O–H groups in total. The zero-order chi connectivity index (χ0) is 27.0. The van der Waals surface area contributed by atoms with Gasteiger partial charge in [0, 0.05) is 12.1 Å². The Morgan fingerprint density at radius 2 is 1.62 bits per heavy atom. The maximum atomic E-state index is 13.7. The van der Waals surface area contributed by atoms with Crippen LogP contribution < -0.4 is 5.32 Å². The summed E-state index contributed by atoms with van der Waals surface area (Å²) in [7, 11) is 0. The molecule has 2 atom stereocenters. The normalized spacial score (nSPS) is 18.0. The number of benzene rings is 2. The molecule has 0 aliphatic carbocycles. The summed E-state index contributed by atoms with van der Waals surface area (Å²) in [4.78, 5) is 28.1. The lowest BCUT2D eigenvalue weighted by Crippen LogP contribution is -2.47. The molecule has 5 nitrogen and oxygen atoms in total. The molecule has 196 valence electrons. The first-order valence-corrected chi connectivity index (χ1v) is 11.4. The molecular weight excluding hydrogens is 502 g/mol. The molecule has 1 aromatic heterocycles. The molecule has 4 rings (SSSR count). The number of halogens is 6. The van der Waals surface area contributed by atoms with Crippen molar-refractivity contribution in [1.29, 1.82) is 0 Å². The Morgan fingerprint density at radius 3 is 2.19 bits per heavy atom. The molecule has 0 saturated heterocycles. The molecule has 2 heterocycles. The zero-order valence-electron chi connectivity index (χ0n) is 19.5. The van der Waals surface area contributed by atoms with Gasteiger partial charge in [-0.2, -0.15) is 26.3 Å². The van der Waals surface area contributed by atoms with Gasteiger partial charge in [-0.25, -0.2) is 0 Å². The van der Waals surface area contributed by atoms with Crippen LogP contribution in [0.25, 0.3) is 0 Å². The van der Waals surface area contributed by atoms with Crippen molar-refractivity contribution in [2.75, 3.05) is 6.54 Å². The third-order valence-electron chi connectivity index (χ3n) is 6.15. The van der Waals surface area contributed by atoms with Crippen LogP contribution in [0.15, 0.2) is 65.3 Å². The molecule has 2 amide bonds. The lowest BCUT2D eigenvalue weighted by atomic mass is 9.78. The second-order valence-electron chi connectivity index (χ2n) is 8.64. The lowest BCUT2D eigenvalue weighted by molar-refractivity contribution is -0.143. The van der Waals surface area contributed by atoms with Crippen molar-refractivity contribution in [2.45, 2.75) is 44.2 Å². The second-order valence-corrected chi connectivity index (χ2v) is 8.64. The van der Waals surface area contributed by atoms with Crippen molar-refractivity contribution in [3.05, 3.63) is 94.4 Å². The number of carbonyl (C=O) groups excluding carboxylic acids is 2. The van der Waals surface area contributed by atoms with Crippen LogP contribution in [0.5, 0.6) is 0 Å². The number of furan rings is 1. The van der Waals surface area contributed by atoms with E-state index in [0.29, 0.717) is 24.3 Å². The zero-order valence-corrected chi connectivity index (χ0v) is 19.5. The number of amides is 2. The third kappa shape index (κ3) is 5.35. The van der Waals surface area contributed by atoms with Crippen molar-refractivity contribution >= 4 is 11.8 Å². The number of nitrogens with one attached hydrogen (secondary N) is 1. The SMILES string of the molecule is CCCN1C(=O)c2ccccc2C(C(=O)NCc2ccco2)C1c1cc(C(F)(F)F)cc(C(F)(F)F)c1. The number of hydrogen-bond donors (Lipinski definition) is 1. The molecule has 0 saturated carbocycles. The summed E-state index contributed by atoms with van der Waals surface area (Å²) in [6.45, 7) is 1.66. The molecule has 11 heteroatoms. The third-order valence-corrected chi connectivity index (χ3v) is 6.15. The highest BCUT2D eigenvalue weighted by atomic mass is 19.4. The second kappa shape index (κ2) is 9.95. The molecule has 37 heavy (non-hydrogen) atoms. The number of nitrogens with zero attached hydrogens (tertiary/aromatic N) is 1. The van der Waals surface area contributed by atoms with Gasteiger partial charge in [0.1, 0.15) is 5.76 Å². The maximum Gasteiger partial charge on any atom is 0.416 e.